The fourth-order valence-electron chi connectivity index (χ4n) is 2.61. The van der Waals surface area contributed by atoms with Gasteiger partial charge in [-0.3, -0.25) is 4.79 Å². The van der Waals surface area contributed by atoms with E-state index in [1.165, 1.54) is 5.56 Å². The van der Waals surface area contributed by atoms with Crippen LogP contribution in [0.15, 0.2) is 30.3 Å². The fraction of sp³-hybridized carbons (Fsp3) is 0.533. The van der Waals surface area contributed by atoms with Crippen molar-refractivity contribution in [2.75, 3.05) is 0 Å². The minimum atomic E-state index is -0.312. The molecule has 2 N–H and O–H groups in total. The highest BCUT2D eigenvalue weighted by Gasteiger charge is 2.37. The molecule has 0 spiro atoms. The predicted octanol–water partition coefficient (Wildman–Crippen LogP) is 3.63. The van der Waals surface area contributed by atoms with Crippen LogP contribution in [0.3, 0.4) is 0 Å². The zero-order valence-electron chi connectivity index (χ0n) is 11.5. The molecule has 0 fully saturated rings. The van der Waals surface area contributed by atoms with Gasteiger partial charge in [-0.25, -0.2) is 0 Å². The Hall–Kier alpha value is -0.830. The Morgan fingerprint density at radius 2 is 1.72 bits per heavy atom. The Balaban J connectivity index is 2.92. The van der Waals surface area contributed by atoms with Crippen LogP contribution in [0.25, 0.3) is 0 Å². The third-order valence-electron chi connectivity index (χ3n) is 3.39. The number of alkyl halides is 1. The molecule has 18 heavy (non-hydrogen) atoms. The zero-order valence-corrected chi connectivity index (χ0v) is 13.1. The lowest BCUT2D eigenvalue weighted by molar-refractivity contribution is -0.119. The SMILES string of the molecule is CC(C)(CC(C)(C)[C@H](Br)C(N)=O)c1ccccc1. The van der Waals surface area contributed by atoms with Crippen LogP contribution in [0.4, 0.5) is 0 Å². The van der Waals surface area contributed by atoms with E-state index >= 15 is 0 Å². The second-order valence-electron chi connectivity index (χ2n) is 6.18. The molecular weight excluding hydrogens is 290 g/mol. The Morgan fingerprint density at radius 3 is 2.17 bits per heavy atom. The molecule has 1 aromatic rings. The molecule has 0 radical (unpaired) electrons. The average molecular weight is 312 g/mol. The second kappa shape index (κ2) is 5.43. The maximum atomic E-state index is 11.3. The molecule has 0 unspecified atom stereocenters. The summed E-state index contributed by atoms with van der Waals surface area (Å²) < 4.78 is 0. The van der Waals surface area contributed by atoms with Gasteiger partial charge in [0.25, 0.3) is 0 Å². The lowest BCUT2D eigenvalue weighted by Crippen LogP contribution is -2.40. The molecule has 1 atom stereocenters. The third-order valence-corrected chi connectivity index (χ3v) is 5.08. The van der Waals surface area contributed by atoms with Crippen LogP contribution in [0.5, 0.6) is 0 Å². The summed E-state index contributed by atoms with van der Waals surface area (Å²) in [5, 5.41) is 0. The standard InChI is InChI=1S/C15H22BrNO/c1-14(2,11-8-6-5-7-9-11)10-15(3,4)12(16)13(17)18/h5-9,12H,10H2,1-4H3,(H2,17,18)/t12-/m1/s1. The van der Waals surface area contributed by atoms with Crippen molar-refractivity contribution < 1.29 is 4.79 Å². The van der Waals surface area contributed by atoms with Gasteiger partial charge >= 0.3 is 0 Å². The van der Waals surface area contributed by atoms with E-state index in [0.29, 0.717) is 0 Å². The quantitative estimate of drug-likeness (QED) is 0.829. The van der Waals surface area contributed by atoms with Crippen LogP contribution in [0.2, 0.25) is 0 Å². The maximum Gasteiger partial charge on any atom is 0.231 e. The van der Waals surface area contributed by atoms with Gasteiger partial charge in [-0.15, -0.1) is 0 Å². The lowest BCUT2D eigenvalue weighted by atomic mass is 9.70. The van der Waals surface area contributed by atoms with Crippen molar-refractivity contribution in [1.82, 2.24) is 0 Å². The summed E-state index contributed by atoms with van der Waals surface area (Å²) in [6.07, 6.45) is 0.878. The van der Waals surface area contributed by atoms with E-state index < -0.39 is 0 Å². The van der Waals surface area contributed by atoms with E-state index in [2.05, 4.69) is 55.8 Å². The molecular formula is C15H22BrNO. The van der Waals surface area contributed by atoms with Gasteiger partial charge in [0.15, 0.2) is 0 Å². The molecule has 1 amide bonds. The van der Waals surface area contributed by atoms with E-state index in [4.69, 9.17) is 5.73 Å². The largest absolute Gasteiger partial charge is 0.369 e. The summed E-state index contributed by atoms with van der Waals surface area (Å²) >= 11 is 3.41. The normalized spacial score (nSPS) is 14.3. The molecule has 1 aromatic carbocycles. The molecule has 0 heterocycles. The molecule has 0 aliphatic carbocycles. The molecule has 0 saturated carbocycles. The highest BCUT2D eigenvalue weighted by Crippen LogP contribution is 2.40. The first kappa shape index (κ1) is 15.2. The number of rotatable bonds is 5. The van der Waals surface area contributed by atoms with Crippen LogP contribution < -0.4 is 5.73 Å². The molecule has 0 aliphatic heterocycles. The first-order valence-electron chi connectivity index (χ1n) is 6.16. The Labute approximate surface area is 118 Å². The van der Waals surface area contributed by atoms with Crippen molar-refractivity contribution in [3.05, 3.63) is 35.9 Å². The Kier molecular flexibility index (Phi) is 4.60. The summed E-state index contributed by atoms with van der Waals surface area (Å²) in [7, 11) is 0. The van der Waals surface area contributed by atoms with Crippen LogP contribution in [-0.2, 0) is 10.2 Å². The number of hydrogen-bond acceptors (Lipinski definition) is 1. The monoisotopic (exact) mass is 311 g/mol. The van der Waals surface area contributed by atoms with Crippen molar-refractivity contribution in [2.24, 2.45) is 11.1 Å². The number of primary amides is 1. The van der Waals surface area contributed by atoms with Gasteiger partial charge in [0, 0.05) is 0 Å². The summed E-state index contributed by atoms with van der Waals surface area (Å²) in [5.41, 5.74) is 6.49. The van der Waals surface area contributed by atoms with Crippen molar-refractivity contribution >= 4 is 21.8 Å². The number of halogens is 1. The highest BCUT2D eigenvalue weighted by molar-refractivity contribution is 9.10. The molecule has 0 aromatic heterocycles. The van der Waals surface area contributed by atoms with Gasteiger partial charge in [-0.2, -0.15) is 0 Å². The second-order valence-corrected chi connectivity index (χ2v) is 7.10. The van der Waals surface area contributed by atoms with E-state index in [1.807, 2.05) is 18.2 Å². The predicted molar refractivity (Wildman–Crippen MR) is 79.8 cm³/mol. The van der Waals surface area contributed by atoms with Gasteiger partial charge < -0.3 is 5.73 Å². The average Bonchev–Trinajstić information content (AvgIpc) is 2.27. The fourth-order valence-corrected chi connectivity index (χ4v) is 2.77. The summed E-state index contributed by atoms with van der Waals surface area (Å²) in [4.78, 5) is 11.0. The summed E-state index contributed by atoms with van der Waals surface area (Å²) in [6, 6.07) is 10.4. The summed E-state index contributed by atoms with van der Waals surface area (Å²) in [5.74, 6) is -0.302. The molecule has 3 heteroatoms. The van der Waals surface area contributed by atoms with E-state index in [9.17, 15) is 4.79 Å². The number of nitrogens with two attached hydrogens (primary N) is 1. The van der Waals surface area contributed by atoms with Gasteiger partial charge in [0.05, 0.1) is 4.83 Å². The minimum absolute atomic E-state index is 0.00618. The Bertz CT molecular complexity index is 412. The van der Waals surface area contributed by atoms with Crippen molar-refractivity contribution in [1.29, 1.82) is 0 Å². The molecule has 0 aliphatic rings. The highest BCUT2D eigenvalue weighted by atomic mass is 79.9. The third kappa shape index (κ3) is 3.58. The number of amides is 1. The lowest BCUT2D eigenvalue weighted by Gasteiger charge is -2.37. The number of benzene rings is 1. The first-order chi connectivity index (χ1) is 8.17. The van der Waals surface area contributed by atoms with Crippen LogP contribution >= 0.6 is 15.9 Å². The summed E-state index contributed by atoms with van der Waals surface area (Å²) in [6.45, 7) is 8.54. The number of carbonyl (C=O) groups excluding carboxylic acids is 1. The van der Waals surface area contributed by atoms with Crippen LogP contribution in [0.1, 0.15) is 39.7 Å². The van der Waals surface area contributed by atoms with Gasteiger partial charge in [-0.05, 0) is 22.8 Å². The van der Waals surface area contributed by atoms with E-state index in [-0.39, 0.29) is 21.6 Å². The molecule has 0 saturated heterocycles. The zero-order chi connectivity index (χ0) is 14.0. The molecule has 2 nitrogen and oxygen atoms in total. The molecule has 100 valence electrons. The maximum absolute atomic E-state index is 11.3. The van der Waals surface area contributed by atoms with Gasteiger partial charge in [0.1, 0.15) is 0 Å². The van der Waals surface area contributed by atoms with E-state index in [0.717, 1.165) is 6.42 Å². The smallest absolute Gasteiger partial charge is 0.231 e. The van der Waals surface area contributed by atoms with Crippen molar-refractivity contribution in [2.45, 2.75) is 44.4 Å². The molecule has 1 rings (SSSR count). The van der Waals surface area contributed by atoms with E-state index in [1.54, 1.807) is 0 Å². The van der Waals surface area contributed by atoms with Crippen LogP contribution in [-0.4, -0.2) is 10.7 Å². The van der Waals surface area contributed by atoms with Crippen LogP contribution in [0, 0.1) is 5.41 Å². The van der Waals surface area contributed by atoms with Crippen molar-refractivity contribution in [3.8, 4) is 0 Å². The van der Waals surface area contributed by atoms with Gasteiger partial charge in [-0.1, -0.05) is 74.0 Å². The number of carbonyl (C=O) groups is 1. The molecule has 0 bridgehead atoms. The van der Waals surface area contributed by atoms with Gasteiger partial charge in [0.2, 0.25) is 5.91 Å². The van der Waals surface area contributed by atoms with Crippen molar-refractivity contribution in [3.63, 3.8) is 0 Å². The Morgan fingerprint density at radius 1 is 1.22 bits per heavy atom. The number of hydrogen-bond donors (Lipinski definition) is 1. The first-order valence-corrected chi connectivity index (χ1v) is 7.07. The minimum Gasteiger partial charge on any atom is -0.369 e. The topological polar surface area (TPSA) is 43.1 Å².